The van der Waals surface area contributed by atoms with Crippen molar-refractivity contribution in [3.05, 3.63) is 58.4 Å². The van der Waals surface area contributed by atoms with E-state index in [2.05, 4.69) is 17.3 Å². The molecule has 1 N–H and O–H groups in total. The summed E-state index contributed by atoms with van der Waals surface area (Å²) >= 11 is 0. The average Bonchev–Trinajstić information content (AvgIpc) is 2.89. The third kappa shape index (κ3) is 3.47. The molecule has 0 bridgehead atoms. The molecule has 0 aliphatic carbocycles. The maximum atomic E-state index is 12.4. The molecule has 0 aliphatic heterocycles. The van der Waals surface area contributed by atoms with Gasteiger partial charge in [0, 0.05) is 24.5 Å². The second-order valence-corrected chi connectivity index (χ2v) is 6.91. The van der Waals surface area contributed by atoms with Gasteiger partial charge < -0.3 is 5.32 Å². The molecule has 0 saturated heterocycles. The van der Waals surface area contributed by atoms with Crippen LogP contribution in [0.1, 0.15) is 47.5 Å². The zero-order chi connectivity index (χ0) is 18.8. The Morgan fingerprint density at radius 2 is 1.85 bits per heavy atom. The highest BCUT2D eigenvalue weighted by atomic mass is 16.1. The molecule has 3 rings (SSSR count). The lowest BCUT2D eigenvalue weighted by atomic mass is 9.99. The normalized spacial score (nSPS) is 12.3. The van der Waals surface area contributed by atoms with Crippen molar-refractivity contribution in [2.45, 2.75) is 46.6 Å². The van der Waals surface area contributed by atoms with Crippen molar-refractivity contribution in [2.24, 2.45) is 7.05 Å². The van der Waals surface area contributed by atoms with E-state index in [1.807, 2.05) is 62.8 Å². The van der Waals surface area contributed by atoms with Crippen molar-refractivity contribution in [3.63, 3.8) is 0 Å². The Hall–Kier alpha value is -2.69. The van der Waals surface area contributed by atoms with E-state index >= 15 is 0 Å². The summed E-state index contributed by atoms with van der Waals surface area (Å²) in [4.78, 5) is 17.1. The number of aryl methyl sites for hydroxylation is 4. The molecule has 0 saturated carbocycles. The van der Waals surface area contributed by atoms with Gasteiger partial charge in [0.2, 0.25) is 5.91 Å². The standard InChI is InChI=1S/C21H26N4O/c1-13-18(15(3)23-21-20(13)16(4)24-25(21)5)11-12-19(26)22-14(2)17-9-7-6-8-10-17/h6-10,14H,11-12H2,1-5H3,(H,22,26)/t14-/m0/s1. The van der Waals surface area contributed by atoms with E-state index in [9.17, 15) is 4.79 Å². The van der Waals surface area contributed by atoms with Crippen molar-refractivity contribution < 1.29 is 4.79 Å². The summed E-state index contributed by atoms with van der Waals surface area (Å²) in [5.41, 5.74) is 6.31. The lowest BCUT2D eigenvalue weighted by molar-refractivity contribution is -0.121. The molecule has 2 aromatic heterocycles. The number of nitrogens with zero attached hydrogens (tertiary/aromatic N) is 3. The number of pyridine rings is 1. The first-order valence-electron chi connectivity index (χ1n) is 9.02. The third-order valence-corrected chi connectivity index (χ3v) is 5.01. The third-order valence-electron chi connectivity index (χ3n) is 5.01. The molecule has 136 valence electrons. The van der Waals surface area contributed by atoms with Crippen LogP contribution in [0.15, 0.2) is 30.3 Å². The van der Waals surface area contributed by atoms with E-state index in [1.54, 1.807) is 0 Å². The van der Waals surface area contributed by atoms with Gasteiger partial charge in [-0.3, -0.25) is 9.48 Å². The number of nitrogens with one attached hydrogen (secondary N) is 1. The van der Waals surface area contributed by atoms with Gasteiger partial charge in [-0.15, -0.1) is 0 Å². The van der Waals surface area contributed by atoms with E-state index in [4.69, 9.17) is 4.98 Å². The van der Waals surface area contributed by atoms with Gasteiger partial charge in [0.1, 0.15) is 0 Å². The van der Waals surface area contributed by atoms with Crippen molar-refractivity contribution in [2.75, 3.05) is 0 Å². The van der Waals surface area contributed by atoms with Gasteiger partial charge in [0.05, 0.1) is 11.7 Å². The molecule has 1 amide bonds. The first-order valence-corrected chi connectivity index (χ1v) is 9.02. The summed E-state index contributed by atoms with van der Waals surface area (Å²) < 4.78 is 1.82. The lowest BCUT2D eigenvalue weighted by Crippen LogP contribution is -2.27. The molecule has 26 heavy (non-hydrogen) atoms. The summed E-state index contributed by atoms with van der Waals surface area (Å²) in [6.45, 7) is 8.13. The molecular formula is C21H26N4O. The summed E-state index contributed by atoms with van der Waals surface area (Å²) in [6.07, 6.45) is 1.13. The molecule has 5 nitrogen and oxygen atoms in total. The number of aromatic nitrogens is 3. The Bertz CT molecular complexity index is 944. The molecule has 1 aromatic carbocycles. The topological polar surface area (TPSA) is 59.8 Å². The van der Waals surface area contributed by atoms with Crippen molar-refractivity contribution >= 4 is 16.9 Å². The van der Waals surface area contributed by atoms with Crippen molar-refractivity contribution in [3.8, 4) is 0 Å². The quantitative estimate of drug-likeness (QED) is 0.763. The van der Waals surface area contributed by atoms with Crippen LogP contribution in [0.3, 0.4) is 0 Å². The number of hydrogen-bond acceptors (Lipinski definition) is 3. The van der Waals surface area contributed by atoms with Crippen LogP contribution >= 0.6 is 0 Å². The van der Waals surface area contributed by atoms with Crippen LogP contribution in [0.25, 0.3) is 11.0 Å². The maximum Gasteiger partial charge on any atom is 0.220 e. The number of carbonyl (C=O) groups is 1. The van der Waals surface area contributed by atoms with Gasteiger partial charge in [0.15, 0.2) is 5.65 Å². The first kappa shape index (κ1) is 18.1. The number of amides is 1. The highest BCUT2D eigenvalue weighted by Crippen LogP contribution is 2.26. The SMILES string of the molecule is Cc1nc2c(c(C)nn2C)c(C)c1CCC(=O)N[C@@H](C)c1ccccc1. The second-order valence-electron chi connectivity index (χ2n) is 6.91. The van der Waals surface area contributed by atoms with Gasteiger partial charge in [-0.05, 0) is 50.8 Å². The molecule has 1 atom stereocenters. The summed E-state index contributed by atoms with van der Waals surface area (Å²) in [7, 11) is 1.92. The summed E-state index contributed by atoms with van der Waals surface area (Å²) in [6, 6.07) is 10.0. The predicted octanol–water partition coefficient (Wildman–Crippen LogP) is 3.70. The lowest BCUT2D eigenvalue weighted by Gasteiger charge is -2.15. The Balaban J connectivity index is 1.73. The molecule has 2 heterocycles. The molecule has 0 spiro atoms. The van der Waals surface area contributed by atoms with E-state index in [1.165, 1.54) is 5.56 Å². The molecule has 0 fully saturated rings. The smallest absolute Gasteiger partial charge is 0.220 e. The molecule has 5 heteroatoms. The minimum atomic E-state index is 0.00654. The monoisotopic (exact) mass is 350 g/mol. The zero-order valence-electron chi connectivity index (χ0n) is 16.1. The zero-order valence-corrected chi connectivity index (χ0v) is 16.1. The van der Waals surface area contributed by atoms with Gasteiger partial charge in [-0.2, -0.15) is 5.10 Å². The van der Waals surface area contributed by atoms with Gasteiger partial charge in [0.25, 0.3) is 0 Å². The van der Waals surface area contributed by atoms with Crippen LogP contribution in [0.4, 0.5) is 0 Å². The minimum Gasteiger partial charge on any atom is -0.350 e. The second kappa shape index (κ2) is 7.28. The number of hydrogen-bond donors (Lipinski definition) is 1. The van der Waals surface area contributed by atoms with Crippen molar-refractivity contribution in [1.82, 2.24) is 20.1 Å². The van der Waals surface area contributed by atoms with Gasteiger partial charge >= 0.3 is 0 Å². The van der Waals surface area contributed by atoms with Gasteiger partial charge in [-0.1, -0.05) is 30.3 Å². The fraction of sp³-hybridized carbons (Fsp3) is 0.381. The molecule has 0 unspecified atom stereocenters. The van der Waals surface area contributed by atoms with Crippen LogP contribution in [-0.2, 0) is 18.3 Å². The fourth-order valence-corrected chi connectivity index (χ4v) is 3.61. The Labute approximate surface area is 154 Å². The molecular weight excluding hydrogens is 324 g/mol. The van der Waals surface area contributed by atoms with Crippen LogP contribution in [-0.4, -0.2) is 20.7 Å². The number of carbonyl (C=O) groups excluding carboxylic acids is 1. The number of fused-ring (bicyclic) bond motifs is 1. The fourth-order valence-electron chi connectivity index (χ4n) is 3.61. The summed E-state index contributed by atoms with van der Waals surface area (Å²) in [5.74, 6) is 0.0585. The largest absolute Gasteiger partial charge is 0.350 e. The minimum absolute atomic E-state index is 0.00654. The van der Waals surface area contributed by atoms with Crippen LogP contribution in [0, 0.1) is 20.8 Å². The molecule has 0 radical (unpaired) electrons. The Morgan fingerprint density at radius 1 is 1.15 bits per heavy atom. The van der Waals surface area contributed by atoms with Crippen molar-refractivity contribution in [1.29, 1.82) is 0 Å². The molecule has 0 aliphatic rings. The van der Waals surface area contributed by atoms with Crippen LogP contribution in [0.5, 0.6) is 0 Å². The Kier molecular flexibility index (Phi) is 5.07. The predicted molar refractivity (Wildman–Crippen MR) is 104 cm³/mol. The van der Waals surface area contributed by atoms with Gasteiger partial charge in [-0.25, -0.2) is 4.98 Å². The highest BCUT2D eigenvalue weighted by Gasteiger charge is 2.16. The van der Waals surface area contributed by atoms with E-state index in [0.717, 1.165) is 33.5 Å². The Morgan fingerprint density at radius 3 is 2.54 bits per heavy atom. The average molecular weight is 350 g/mol. The number of benzene rings is 1. The van der Waals surface area contributed by atoms with E-state index in [-0.39, 0.29) is 11.9 Å². The van der Waals surface area contributed by atoms with Crippen LogP contribution < -0.4 is 5.32 Å². The summed E-state index contributed by atoms with van der Waals surface area (Å²) in [5, 5.41) is 8.66. The first-order chi connectivity index (χ1) is 12.4. The van der Waals surface area contributed by atoms with E-state index in [0.29, 0.717) is 12.8 Å². The van der Waals surface area contributed by atoms with E-state index < -0.39 is 0 Å². The highest BCUT2D eigenvalue weighted by molar-refractivity contribution is 5.84. The van der Waals surface area contributed by atoms with Crippen LogP contribution in [0.2, 0.25) is 0 Å². The number of rotatable bonds is 5. The molecule has 3 aromatic rings. The maximum absolute atomic E-state index is 12.4.